The molecule has 6 heteroatoms. The van der Waals surface area contributed by atoms with Gasteiger partial charge in [-0.1, -0.05) is 34.6 Å². The summed E-state index contributed by atoms with van der Waals surface area (Å²) in [6, 6.07) is -0.858. The molecule has 1 rings (SSSR count). The van der Waals surface area contributed by atoms with Gasteiger partial charge in [0.15, 0.2) is 0 Å². The zero-order valence-corrected chi connectivity index (χ0v) is 13.4. The monoisotopic (exact) mass is 298 g/mol. The summed E-state index contributed by atoms with van der Waals surface area (Å²) in [5, 5.41) is 14.4. The summed E-state index contributed by atoms with van der Waals surface area (Å²) in [6.45, 7) is 9.72. The van der Waals surface area contributed by atoms with E-state index in [-0.39, 0.29) is 23.7 Å². The van der Waals surface area contributed by atoms with Gasteiger partial charge in [-0.3, -0.25) is 4.79 Å². The van der Waals surface area contributed by atoms with Gasteiger partial charge in [0.05, 0.1) is 17.1 Å². The Morgan fingerprint density at radius 2 is 2.00 bits per heavy atom. The van der Waals surface area contributed by atoms with Crippen LogP contribution in [0.1, 0.15) is 45.3 Å². The lowest BCUT2D eigenvalue weighted by Gasteiger charge is -2.17. The number of nitrogens with one attached hydrogen (secondary N) is 1. The SMILES string of the molecule is CC(C)[C@@H](NC(=O)Cc1csc(C(C)(C)C)n1)C(=O)O. The molecule has 0 aliphatic rings. The molecular formula is C14H22N2O3S. The van der Waals surface area contributed by atoms with Gasteiger partial charge < -0.3 is 10.4 Å². The number of carbonyl (C=O) groups is 2. The number of rotatable bonds is 5. The Morgan fingerprint density at radius 1 is 1.40 bits per heavy atom. The number of carboxylic acids is 1. The highest BCUT2D eigenvalue weighted by molar-refractivity contribution is 7.09. The van der Waals surface area contributed by atoms with Crippen LogP contribution < -0.4 is 5.32 Å². The van der Waals surface area contributed by atoms with Crippen LogP contribution in [-0.4, -0.2) is 28.0 Å². The topological polar surface area (TPSA) is 79.3 Å². The van der Waals surface area contributed by atoms with Crippen molar-refractivity contribution in [1.82, 2.24) is 10.3 Å². The molecule has 0 radical (unpaired) electrons. The van der Waals surface area contributed by atoms with Crippen LogP contribution in [0.3, 0.4) is 0 Å². The first-order valence-electron chi connectivity index (χ1n) is 6.58. The smallest absolute Gasteiger partial charge is 0.326 e. The third-order valence-electron chi connectivity index (χ3n) is 2.78. The lowest BCUT2D eigenvalue weighted by molar-refractivity contribution is -0.143. The maximum atomic E-state index is 11.9. The second kappa shape index (κ2) is 6.35. The largest absolute Gasteiger partial charge is 0.480 e. The van der Waals surface area contributed by atoms with Crippen molar-refractivity contribution >= 4 is 23.2 Å². The molecule has 112 valence electrons. The fraction of sp³-hybridized carbons (Fsp3) is 0.643. The molecule has 1 aromatic heterocycles. The van der Waals surface area contributed by atoms with Crippen LogP contribution in [0.5, 0.6) is 0 Å². The van der Waals surface area contributed by atoms with E-state index in [2.05, 4.69) is 31.1 Å². The summed E-state index contributed by atoms with van der Waals surface area (Å²) >= 11 is 1.52. The number of aromatic nitrogens is 1. The van der Waals surface area contributed by atoms with Gasteiger partial charge in [-0.15, -0.1) is 11.3 Å². The minimum atomic E-state index is -1.01. The quantitative estimate of drug-likeness (QED) is 0.873. The Bertz CT molecular complexity index is 489. The average Bonchev–Trinajstić information content (AvgIpc) is 2.73. The van der Waals surface area contributed by atoms with Gasteiger partial charge in [0.2, 0.25) is 5.91 Å². The summed E-state index contributed by atoms with van der Waals surface area (Å²) in [6.07, 6.45) is 0.114. The molecule has 20 heavy (non-hydrogen) atoms. The predicted octanol–water partition coefficient (Wildman–Crippen LogP) is 2.21. The van der Waals surface area contributed by atoms with Crippen LogP contribution in [0, 0.1) is 5.92 Å². The van der Waals surface area contributed by atoms with Crippen molar-refractivity contribution in [3.8, 4) is 0 Å². The Balaban J connectivity index is 2.67. The summed E-state index contributed by atoms with van der Waals surface area (Å²) in [7, 11) is 0. The van der Waals surface area contributed by atoms with E-state index in [4.69, 9.17) is 5.11 Å². The van der Waals surface area contributed by atoms with E-state index in [0.717, 1.165) is 5.01 Å². The fourth-order valence-corrected chi connectivity index (χ4v) is 2.54. The van der Waals surface area contributed by atoms with E-state index in [1.807, 2.05) is 5.38 Å². The van der Waals surface area contributed by atoms with Crippen molar-refractivity contribution in [1.29, 1.82) is 0 Å². The van der Waals surface area contributed by atoms with Crippen LogP contribution in [-0.2, 0) is 21.4 Å². The minimum Gasteiger partial charge on any atom is -0.480 e. The molecule has 1 amide bonds. The van der Waals surface area contributed by atoms with Gasteiger partial charge in [-0.25, -0.2) is 9.78 Å². The third-order valence-corrected chi connectivity index (χ3v) is 4.10. The van der Waals surface area contributed by atoms with Gasteiger partial charge in [-0.2, -0.15) is 0 Å². The van der Waals surface area contributed by atoms with Crippen LogP contribution in [0.4, 0.5) is 0 Å². The summed E-state index contributed by atoms with van der Waals surface area (Å²) in [4.78, 5) is 27.3. The summed E-state index contributed by atoms with van der Waals surface area (Å²) < 4.78 is 0. The molecule has 0 aliphatic carbocycles. The van der Waals surface area contributed by atoms with Crippen molar-refractivity contribution < 1.29 is 14.7 Å². The maximum Gasteiger partial charge on any atom is 0.326 e. The van der Waals surface area contributed by atoms with Gasteiger partial charge in [0, 0.05) is 10.8 Å². The molecule has 0 unspecified atom stereocenters. The van der Waals surface area contributed by atoms with Crippen molar-refractivity contribution in [2.75, 3.05) is 0 Å². The van der Waals surface area contributed by atoms with E-state index in [1.54, 1.807) is 13.8 Å². The van der Waals surface area contributed by atoms with Crippen molar-refractivity contribution in [2.24, 2.45) is 5.92 Å². The van der Waals surface area contributed by atoms with Crippen LogP contribution in [0.2, 0.25) is 0 Å². The first-order valence-corrected chi connectivity index (χ1v) is 7.46. The molecule has 5 nitrogen and oxygen atoms in total. The lowest BCUT2D eigenvalue weighted by atomic mass is 9.98. The first kappa shape index (κ1) is 16.6. The van der Waals surface area contributed by atoms with E-state index in [1.165, 1.54) is 11.3 Å². The molecule has 2 N–H and O–H groups in total. The van der Waals surface area contributed by atoms with E-state index >= 15 is 0 Å². The lowest BCUT2D eigenvalue weighted by Crippen LogP contribution is -2.44. The number of aliphatic carboxylic acids is 1. The molecule has 1 aromatic rings. The number of amides is 1. The molecule has 1 atom stereocenters. The summed E-state index contributed by atoms with van der Waals surface area (Å²) in [5.41, 5.74) is 0.645. The number of carboxylic acid groups (broad SMARTS) is 1. The minimum absolute atomic E-state index is 0.0407. The second-order valence-corrected chi connectivity index (χ2v) is 7.06. The highest BCUT2D eigenvalue weighted by Crippen LogP contribution is 2.25. The molecular weight excluding hydrogens is 276 g/mol. The Kier molecular flexibility index (Phi) is 5.28. The molecule has 1 heterocycles. The normalized spacial score (nSPS) is 13.3. The average molecular weight is 298 g/mol. The maximum absolute atomic E-state index is 11.9. The third kappa shape index (κ3) is 4.59. The molecule has 0 bridgehead atoms. The van der Waals surface area contributed by atoms with E-state index in [0.29, 0.717) is 5.69 Å². The number of hydrogen-bond donors (Lipinski definition) is 2. The zero-order chi connectivity index (χ0) is 15.5. The Labute approximate surface area is 123 Å². The van der Waals surface area contributed by atoms with E-state index in [9.17, 15) is 9.59 Å². The fourth-order valence-electron chi connectivity index (χ4n) is 1.64. The Hall–Kier alpha value is -1.43. The predicted molar refractivity (Wildman–Crippen MR) is 78.9 cm³/mol. The van der Waals surface area contributed by atoms with Crippen LogP contribution in [0.25, 0.3) is 0 Å². The number of nitrogens with zero attached hydrogens (tertiary/aromatic N) is 1. The van der Waals surface area contributed by atoms with Gasteiger partial charge >= 0.3 is 5.97 Å². The number of thiazole rings is 1. The van der Waals surface area contributed by atoms with Crippen LogP contribution >= 0.6 is 11.3 Å². The number of hydrogen-bond acceptors (Lipinski definition) is 4. The molecule has 0 aromatic carbocycles. The van der Waals surface area contributed by atoms with Gasteiger partial charge in [0.25, 0.3) is 0 Å². The van der Waals surface area contributed by atoms with Crippen molar-refractivity contribution in [3.63, 3.8) is 0 Å². The second-order valence-electron chi connectivity index (χ2n) is 6.20. The highest BCUT2D eigenvalue weighted by atomic mass is 32.1. The molecule has 0 saturated carbocycles. The molecule has 0 aliphatic heterocycles. The standard InChI is InChI=1S/C14H22N2O3S/c1-8(2)11(12(18)19)16-10(17)6-9-7-20-13(15-9)14(3,4)5/h7-8,11H,6H2,1-5H3,(H,16,17)(H,18,19)/t11-/m1/s1. The van der Waals surface area contributed by atoms with Crippen molar-refractivity contribution in [2.45, 2.75) is 52.5 Å². The van der Waals surface area contributed by atoms with Crippen LogP contribution in [0.15, 0.2) is 5.38 Å². The Morgan fingerprint density at radius 3 is 2.40 bits per heavy atom. The number of carbonyl (C=O) groups excluding carboxylic acids is 1. The van der Waals surface area contributed by atoms with E-state index < -0.39 is 12.0 Å². The van der Waals surface area contributed by atoms with Crippen molar-refractivity contribution in [3.05, 3.63) is 16.1 Å². The highest BCUT2D eigenvalue weighted by Gasteiger charge is 2.24. The van der Waals surface area contributed by atoms with Gasteiger partial charge in [0.1, 0.15) is 6.04 Å². The summed E-state index contributed by atoms with van der Waals surface area (Å²) in [5.74, 6) is -1.48. The molecule has 0 spiro atoms. The first-order chi connectivity index (χ1) is 9.11. The molecule has 0 saturated heterocycles. The molecule has 0 fully saturated rings. The zero-order valence-electron chi connectivity index (χ0n) is 12.6. The van der Waals surface area contributed by atoms with Gasteiger partial charge in [-0.05, 0) is 5.92 Å².